The van der Waals surface area contributed by atoms with Crippen LogP contribution < -0.4 is 5.73 Å². The summed E-state index contributed by atoms with van der Waals surface area (Å²) in [7, 11) is 0. The number of nitrogens with two attached hydrogens (primary N) is 1. The van der Waals surface area contributed by atoms with Crippen molar-refractivity contribution in [2.75, 3.05) is 0 Å². The van der Waals surface area contributed by atoms with Crippen molar-refractivity contribution in [3.63, 3.8) is 0 Å². The first-order valence-corrected chi connectivity index (χ1v) is 4.90. The molecule has 1 aromatic rings. The number of benzene rings is 1. The van der Waals surface area contributed by atoms with Crippen molar-refractivity contribution >= 4 is 34.3 Å². The van der Waals surface area contributed by atoms with Crippen LogP contribution in [0.1, 0.15) is 22.0 Å². The molecule has 0 heterocycles. The van der Waals surface area contributed by atoms with Crippen LogP contribution in [-0.4, -0.2) is 16.2 Å². The van der Waals surface area contributed by atoms with Crippen LogP contribution in [0.5, 0.6) is 5.75 Å². The highest BCUT2D eigenvalue weighted by Gasteiger charge is 2.15. The van der Waals surface area contributed by atoms with Crippen LogP contribution in [0.4, 0.5) is 0 Å². The van der Waals surface area contributed by atoms with Crippen molar-refractivity contribution in [1.29, 1.82) is 0 Å². The number of phenols is 1. The zero-order valence-corrected chi connectivity index (χ0v) is 10.6. The first-order chi connectivity index (χ1) is 6.97. The fraction of sp³-hybridized carbons (Fsp3) is 0.100. The summed E-state index contributed by atoms with van der Waals surface area (Å²) in [6.07, 6.45) is 1.42. The molecule has 0 fully saturated rings. The molecule has 0 aliphatic heterocycles. The number of aromatic carboxylic acids is 1. The Bertz CT molecular complexity index is 423. The van der Waals surface area contributed by atoms with Crippen LogP contribution in [-0.2, 0) is 0 Å². The molecule has 0 aliphatic carbocycles. The highest BCUT2D eigenvalue weighted by Crippen LogP contribution is 2.32. The topological polar surface area (TPSA) is 83.6 Å². The molecule has 0 radical (unpaired) electrons. The Morgan fingerprint density at radius 3 is 2.56 bits per heavy atom. The average molecular weight is 309 g/mol. The fourth-order valence-electron chi connectivity index (χ4n) is 1.12. The van der Waals surface area contributed by atoms with E-state index in [9.17, 15) is 9.90 Å². The Morgan fingerprint density at radius 2 is 2.12 bits per heavy atom. The van der Waals surface area contributed by atoms with Crippen LogP contribution >= 0.6 is 28.3 Å². The van der Waals surface area contributed by atoms with Crippen LogP contribution in [0, 0.1) is 0 Å². The molecule has 0 saturated heterocycles. The highest BCUT2D eigenvalue weighted by molar-refractivity contribution is 9.10. The van der Waals surface area contributed by atoms with E-state index in [1.165, 1.54) is 18.2 Å². The van der Waals surface area contributed by atoms with Gasteiger partial charge in [-0.25, -0.2) is 4.79 Å². The fourth-order valence-corrected chi connectivity index (χ4v) is 1.60. The number of rotatable bonds is 3. The van der Waals surface area contributed by atoms with Gasteiger partial charge in [-0.05, 0) is 28.1 Å². The molecular formula is C10H11BrClNO3. The van der Waals surface area contributed by atoms with Crippen LogP contribution in [0.2, 0.25) is 0 Å². The van der Waals surface area contributed by atoms with Crippen molar-refractivity contribution in [3.05, 3.63) is 40.4 Å². The summed E-state index contributed by atoms with van der Waals surface area (Å²) in [5.41, 5.74) is 6.03. The molecule has 0 aromatic heterocycles. The third-order valence-corrected chi connectivity index (χ3v) is 2.56. The van der Waals surface area contributed by atoms with E-state index < -0.39 is 12.0 Å². The van der Waals surface area contributed by atoms with Gasteiger partial charge < -0.3 is 15.9 Å². The summed E-state index contributed by atoms with van der Waals surface area (Å²) in [6, 6.07) is 2.05. The van der Waals surface area contributed by atoms with Gasteiger partial charge in [0.1, 0.15) is 5.75 Å². The molecule has 0 spiro atoms. The summed E-state index contributed by atoms with van der Waals surface area (Å²) in [5, 5.41) is 18.4. The molecule has 88 valence electrons. The molecule has 1 aromatic carbocycles. The normalized spacial score (nSPS) is 11.4. The Kier molecular flexibility index (Phi) is 5.50. The minimum atomic E-state index is -1.08. The Morgan fingerprint density at radius 1 is 1.56 bits per heavy atom. The van der Waals surface area contributed by atoms with Gasteiger partial charge in [-0.2, -0.15) is 0 Å². The van der Waals surface area contributed by atoms with E-state index in [-0.39, 0.29) is 23.7 Å². The van der Waals surface area contributed by atoms with Gasteiger partial charge >= 0.3 is 5.97 Å². The minimum absolute atomic E-state index is 0. The smallest absolute Gasteiger partial charge is 0.335 e. The number of carboxylic acids is 1. The number of carboxylic acid groups (broad SMARTS) is 1. The number of hydrogen-bond donors (Lipinski definition) is 3. The van der Waals surface area contributed by atoms with Gasteiger partial charge in [-0.15, -0.1) is 19.0 Å². The third kappa shape index (κ3) is 2.98. The predicted octanol–water partition coefficient (Wildman–Crippen LogP) is 2.46. The Balaban J connectivity index is 0.00000225. The molecule has 16 heavy (non-hydrogen) atoms. The van der Waals surface area contributed by atoms with Gasteiger partial charge in [0.25, 0.3) is 0 Å². The van der Waals surface area contributed by atoms with E-state index in [4.69, 9.17) is 10.8 Å². The van der Waals surface area contributed by atoms with E-state index in [0.717, 1.165) is 0 Å². The van der Waals surface area contributed by atoms with Crippen LogP contribution in [0.3, 0.4) is 0 Å². The van der Waals surface area contributed by atoms with E-state index in [0.29, 0.717) is 10.0 Å². The number of halogens is 2. The second kappa shape index (κ2) is 5.89. The van der Waals surface area contributed by atoms with Gasteiger partial charge in [0.15, 0.2) is 0 Å². The first-order valence-electron chi connectivity index (χ1n) is 4.11. The lowest BCUT2D eigenvalue weighted by Crippen LogP contribution is -2.09. The van der Waals surface area contributed by atoms with Gasteiger partial charge in [0.05, 0.1) is 16.1 Å². The largest absolute Gasteiger partial charge is 0.506 e. The molecule has 4 N–H and O–H groups in total. The van der Waals surface area contributed by atoms with Crippen molar-refractivity contribution in [2.24, 2.45) is 5.73 Å². The minimum Gasteiger partial charge on any atom is -0.506 e. The standard InChI is InChI=1S/C10H10BrNO3.ClH/c1-2-8(12)6-3-5(10(14)15)4-7(11)9(6)13;/h2-4,8,13H,1,12H2,(H,14,15);1H/t8-;/m1./s1. The molecule has 1 rings (SSSR count). The van der Waals surface area contributed by atoms with Crippen LogP contribution in [0.25, 0.3) is 0 Å². The number of phenolic OH excluding ortho intramolecular Hbond substituents is 1. The zero-order valence-electron chi connectivity index (χ0n) is 8.18. The van der Waals surface area contributed by atoms with Crippen molar-refractivity contribution in [1.82, 2.24) is 0 Å². The van der Waals surface area contributed by atoms with Gasteiger partial charge in [-0.1, -0.05) is 6.08 Å². The van der Waals surface area contributed by atoms with Gasteiger partial charge in [0.2, 0.25) is 0 Å². The van der Waals surface area contributed by atoms with Crippen molar-refractivity contribution in [2.45, 2.75) is 6.04 Å². The quantitative estimate of drug-likeness (QED) is 0.749. The van der Waals surface area contributed by atoms with Crippen LogP contribution in [0.15, 0.2) is 29.3 Å². The average Bonchev–Trinajstić information content (AvgIpc) is 2.20. The lowest BCUT2D eigenvalue weighted by molar-refractivity contribution is 0.0696. The van der Waals surface area contributed by atoms with E-state index in [1.807, 2.05) is 0 Å². The first kappa shape index (κ1) is 15.0. The van der Waals surface area contributed by atoms with E-state index >= 15 is 0 Å². The molecule has 4 nitrogen and oxygen atoms in total. The second-order valence-electron chi connectivity index (χ2n) is 2.96. The third-order valence-electron chi connectivity index (χ3n) is 1.95. The van der Waals surface area contributed by atoms with Gasteiger partial charge in [-0.3, -0.25) is 0 Å². The molecule has 0 aliphatic rings. The Hall–Kier alpha value is -1.04. The van der Waals surface area contributed by atoms with Crippen molar-refractivity contribution in [3.8, 4) is 5.75 Å². The van der Waals surface area contributed by atoms with Gasteiger partial charge in [0, 0.05) is 5.56 Å². The van der Waals surface area contributed by atoms with Crippen molar-refractivity contribution < 1.29 is 15.0 Å². The lowest BCUT2D eigenvalue weighted by Gasteiger charge is -2.11. The summed E-state index contributed by atoms with van der Waals surface area (Å²) in [6.45, 7) is 3.48. The van der Waals surface area contributed by atoms with E-state index in [2.05, 4.69) is 22.5 Å². The summed E-state index contributed by atoms with van der Waals surface area (Å²) in [5.74, 6) is -1.14. The van der Waals surface area contributed by atoms with E-state index in [1.54, 1.807) is 0 Å². The number of carbonyl (C=O) groups is 1. The Labute approximate surface area is 107 Å². The highest BCUT2D eigenvalue weighted by atomic mass is 79.9. The number of hydrogen-bond acceptors (Lipinski definition) is 3. The zero-order chi connectivity index (χ0) is 11.6. The molecular weight excluding hydrogens is 297 g/mol. The molecule has 0 amide bonds. The summed E-state index contributed by atoms with van der Waals surface area (Å²) < 4.78 is 0.301. The molecule has 0 bridgehead atoms. The second-order valence-corrected chi connectivity index (χ2v) is 3.82. The molecule has 1 atom stereocenters. The maximum atomic E-state index is 10.8. The monoisotopic (exact) mass is 307 g/mol. The summed E-state index contributed by atoms with van der Waals surface area (Å²) in [4.78, 5) is 10.8. The maximum absolute atomic E-state index is 10.8. The molecule has 0 saturated carbocycles. The SMILES string of the molecule is C=C[C@@H](N)c1cc(C(=O)O)cc(Br)c1O.Cl. The summed E-state index contributed by atoms with van der Waals surface area (Å²) >= 11 is 3.06. The molecule has 0 unspecified atom stereocenters. The number of aromatic hydroxyl groups is 1. The maximum Gasteiger partial charge on any atom is 0.335 e. The molecule has 6 heteroatoms. The lowest BCUT2D eigenvalue weighted by atomic mass is 10.0. The predicted molar refractivity (Wildman–Crippen MR) is 67.1 cm³/mol.